The summed E-state index contributed by atoms with van der Waals surface area (Å²) in [6.07, 6.45) is 4.61. The highest BCUT2D eigenvalue weighted by Gasteiger charge is 2.11. The van der Waals surface area contributed by atoms with E-state index in [1.165, 1.54) is 42.6 Å². The van der Waals surface area contributed by atoms with E-state index in [4.69, 9.17) is 0 Å². The SMILES string of the molecule is CN(Cc1ccccc1)c1ccc(CCc2ccc(CN3CCCC3)cc2)nn1. The van der Waals surface area contributed by atoms with Crippen LogP contribution in [0.5, 0.6) is 0 Å². The molecular weight excluding hydrogens is 356 g/mol. The lowest BCUT2D eigenvalue weighted by Gasteiger charge is -2.17. The lowest BCUT2D eigenvalue weighted by Crippen LogP contribution is -2.18. The van der Waals surface area contributed by atoms with Crippen LogP contribution in [-0.4, -0.2) is 35.2 Å². The summed E-state index contributed by atoms with van der Waals surface area (Å²) in [5.74, 6) is 0.906. The van der Waals surface area contributed by atoms with Crippen LogP contribution in [-0.2, 0) is 25.9 Å². The first-order chi connectivity index (χ1) is 14.3. The fraction of sp³-hybridized carbons (Fsp3) is 0.360. The van der Waals surface area contributed by atoms with E-state index in [9.17, 15) is 0 Å². The average Bonchev–Trinajstić information content (AvgIpc) is 3.27. The molecule has 1 fully saturated rings. The minimum Gasteiger partial charge on any atom is -0.354 e. The van der Waals surface area contributed by atoms with Crippen molar-refractivity contribution < 1.29 is 0 Å². The lowest BCUT2D eigenvalue weighted by molar-refractivity contribution is 0.331. The van der Waals surface area contributed by atoms with Crippen LogP contribution >= 0.6 is 0 Å². The van der Waals surface area contributed by atoms with Gasteiger partial charge in [0, 0.05) is 20.1 Å². The third-order valence-electron chi connectivity index (χ3n) is 5.66. The maximum absolute atomic E-state index is 4.44. The van der Waals surface area contributed by atoms with E-state index >= 15 is 0 Å². The van der Waals surface area contributed by atoms with E-state index in [2.05, 4.69) is 87.7 Å². The summed E-state index contributed by atoms with van der Waals surface area (Å²) in [6, 6.07) is 23.7. The quantitative estimate of drug-likeness (QED) is 0.571. The molecule has 0 unspecified atom stereocenters. The van der Waals surface area contributed by atoms with Gasteiger partial charge in [0.2, 0.25) is 0 Å². The normalized spacial score (nSPS) is 14.2. The van der Waals surface area contributed by atoms with E-state index in [0.29, 0.717) is 0 Å². The summed E-state index contributed by atoms with van der Waals surface area (Å²) in [4.78, 5) is 4.67. The number of hydrogen-bond donors (Lipinski definition) is 0. The number of aryl methyl sites for hydroxylation is 2. The van der Waals surface area contributed by atoms with E-state index in [0.717, 1.165) is 37.4 Å². The van der Waals surface area contributed by atoms with Crippen LogP contribution in [0.1, 0.15) is 35.2 Å². The molecular formula is C25H30N4. The highest BCUT2D eigenvalue weighted by Crippen LogP contribution is 2.15. The van der Waals surface area contributed by atoms with E-state index in [1.54, 1.807) is 0 Å². The summed E-state index contributed by atoms with van der Waals surface area (Å²) in [5, 5.41) is 8.87. The smallest absolute Gasteiger partial charge is 0.151 e. The number of anilines is 1. The van der Waals surface area contributed by atoms with Gasteiger partial charge in [-0.3, -0.25) is 4.90 Å². The van der Waals surface area contributed by atoms with E-state index < -0.39 is 0 Å². The monoisotopic (exact) mass is 386 g/mol. The minimum absolute atomic E-state index is 0.832. The molecule has 1 aliphatic rings. The number of hydrogen-bond acceptors (Lipinski definition) is 4. The largest absolute Gasteiger partial charge is 0.354 e. The number of benzene rings is 2. The molecule has 1 aromatic heterocycles. The van der Waals surface area contributed by atoms with Crippen LogP contribution in [0.25, 0.3) is 0 Å². The molecule has 0 aliphatic carbocycles. The molecule has 0 amide bonds. The zero-order valence-corrected chi connectivity index (χ0v) is 17.3. The zero-order valence-electron chi connectivity index (χ0n) is 17.3. The summed E-state index contributed by atoms with van der Waals surface area (Å²) in [7, 11) is 2.06. The van der Waals surface area contributed by atoms with E-state index in [-0.39, 0.29) is 0 Å². The third-order valence-corrected chi connectivity index (χ3v) is 5.66. The third kappa shape index (κ3) is 5.64. The number of aromatic nitrogens is 2. The molecule has 2 heterocycles. The van der Waals surface area contributed by atoms with Gasteiger partial charge in [0.1, 0.15) is 0 Å². The van der Waals surface area contributed by atoms with Gasteiger partial charge in [-0.15, -0.1) is 5.10 Å². The van der Waals surface area contributed by atoms with Gasteiger partial charge in [-0.05, 0) is 67.6 Å². The number of nitrogens with zero attached hydrogens (tertiary/aromatic N) is 4. The topological polar surface area (TPSA) is 32.3 Å². The molecule has 1 saturated heterocycles. The maximum atomic E-state index is 4.44. The molecule has 0 radical (unpaired) electrons. The van der Waals surface area contributed by atoms with Crippen molar-refractivity contribution in [3.05, 3.63) is 89.1 Å². The summed E-state index contributed by atoms with van der Waals surface area (Å²) >= 11 is 0. The van der Waals surface area contributed by atoms with Crippen molar-refractivity contribution in [2.24, 2.45) is 0 Å². The van der Waals surface area contributed by atoms with Crippen molar-refractivity contribution in [2.45, 2.75) is 38.8 Å². The first-order valence-corrected chi connectivity index (χ1v) is 10.6. The Balaban J connectivity index is 1.27. The second-order valence-electron chi connectivity index (χ2n) is 8.02. The molecule has 0 spiro atoms. The molecule has 1 aliphatic heterocycles. The zero-order chi connectivity index (χ0) is 19.9. The van der Waals surface area contributed by atoms with Gasteiger partial charge in [-0.1, -0.05) is 54.6 Å². The molecule has 4 heteroatoms. The van der Waals surface area contributed by atoms with Gasteiger partial charge in [-0.2, -0.15) is 5.10 Å². The van der Waals surface area contributed by atoms with Crippen molar-refractivity contribution in [3.8, 4) is 0 Å². The molecule has 0 N–H and O–H groups in total. The van der Waals surface area contributed by atoms with Crippen molar-refractivity contribution in [1.29, 1.82) is 0 Å². The van der Waals surface area contributed by atoms with Gasteiger partial charge in [0.05, 0.1) is 5.69 Å². The highest BCUT2D eigenvalue weighted by atomic mass is 15.2. The van der Waals surface area contributed by atoms with Crippen LogP contribution in [0.2, 0.25) is 0 Å². The Hall–Kier alpha value is -2.72. The second-order valence-corrected chi connectivity index (χ2v) is 8.02. The average molecular weight is 387 g/mol. The first-order valence-electron chi connectivity index (χ1n) is 10.6. The molecule has 150 valence electrons. The van der Waals surface area contributed by atoms with Crippen LogP contribution < -0.4 is 4.90 Å². The second kappa shape index (κ2) is 9.66. The molecule has 2 aromatic carbocycles. The van der Waals surface area contributed by atoms with Gasteiger partial charge < -0.3 is 4.90 Å². The molecule has 4 rings (SSSR count). The number of likely N-dealkylation sites (tertiary alicyclic amines) is 1. The Morgan fingerprint density at radius 2 is 1.48 bits per heavy atom. The van der Waals surface area contributed by atoms with Gasteiger partial charge in [0.15, 0.2) is 5.82 Å². The Labute approximate surface area is 174 Å². The molecule has 0 atom stereocenters. The summed E-state index contributed by atoms with van der Waals surface area (Å²) < 4.78 is 0. The number of rotatable bonds is 8. The standard InChI is InChI=1S/C25H30N4/c1-28(19-22-7-3-2-4-8-22)25-16-15-24(26-27-25)14-13-21-9-11-23(12-10-21)20-29-17-5-6-18-29/h2-4,7-12,15-16H,5-6,13-14,17-20H2,1H3. The fourth-order valence-corrected chi connectivity index (χ4v) is 3.91. The van der Waals surface area contributed by atoms with Crippen LogP contribution in [0.3, 0.4) is 0 Å². The Morgan fingerprint density at radius 3 is 2.17 bits per heavy atom. The van der Waals surface area contributed by atoms with Crippen LogP contribution in [0, 0.1) is 0 Å². The van der Waals surface area contributed by atoms with Gasteiger partial charge in [-0.25, -0.2) is 0 Å². The molecule has 3 aromatic rings. The molecule has 0 bridgehead atoms. The predicted octanol–water partition coefficient (Wildman–Crippen LogP) is 4.49. The summed E-state index contributed by atoms with van der Waals surface area (Å²) in [5.41, 5.74) is 5.10. The summed E-state index contributed by atoms with van der Waals surface area (Å²) in [6.45, 7) is 4.41. The Kier molecular flexibility index (Phi) is 6.52. The predicted molar refractivity (Wildman–Crippen MR) is 119 cm³/mol. The van der Waals surface area contributed by atoms with Crippen molar-refractivity contribution >= 4 is 5.82 Å². The van der Waals surface area contributed by atoms with E-state index in [1.807, 2.05) is 6.07 Å². The first kappa shape index (κ1) is 19.6. The van der Waals surface area contributed by atoms with Crippen molar-refractivity contribution in [3.63, 3.8) is 0 Å². The fourth-order valence-electron chi connectivity index (χ4n) is 3.91. The van der Waals surface area contributed by atoms with Gasteiger partial charge in [0.25, 0.3) is 0 Å². The Morgan fingerprint density at radius 1 is 0.759 bits per heavy atom. The van der Waals surface area contributed by atoms with Crippen molar-refractivity contribution in [1.82, 2.24) is 15.1 Å². The molecule has 0 saturated carbocycles. The maximum Gasteiger partial charge on any atom is 0.151 e. The van der Waals surface area contributed by atoms with Crippen LogP contribution in [0.4, 0.5) is 5.82 Å². The van der Waals surface area contributed by atoms with Crippen molar-refractivity contribution in [2.75, 3.05) is 25.0 Å². The highest BCUT2D eigenvalue weighted by molar-refractivity contribution is 5.37. The van der Waals surface area contributed by atoms with Gasteiger partial charge >= 0.3 is 0 Å². The minimum atomic E-state index is 0.832. The Bertz CT molecular complexity index is 869. The lowest BCUT2D eigenvalue weighted by atomic mass is 10.1. The molecule has 4 nitrogen and oxygen atoms in total. The molecule has 29 heavy (non-hydrogen) atoms. The van der Waals surface area contributed by atoms with Crippen LogP contribution in [0.15, 0.2) is 66.7 Å².